The van der Waals surface area contributed by atoms with Crippen molar-refractivity contribution in [3.05, 3.63) is 0 Å². The second kappa shape index (κ2) is 7.45. The first-order chi connectivity index (χ1) is 8.95. The van der Waals surface area contributed by atoms with E-state index in [-0.39, 0.29) is 18.1 Å². The standard InChI is InChI=1S/C13H23NO5/c1-9(2)19-6-4-5-12(15)14-8-10(18-3)7-11(14)13(16)17/h9-11H,4-8H2,1-3H3,(H,16,17). The van der Waals surface area contributed by atoms with E-state index in [2.05, 4.69) is 0 Å². The second-order valence-corrected chi connectivity index (χ2v) is 5.02. The molecule has 1 aliphatic rings. The van der Waals surface area contributed by atoms with E-state index < -0.39 is 12.0 Å². The average Bonchev–Trinajstić information content (AvgIpc) is 2.78. The predicted octanol–water partition coefficient (Wildman–Crippen LogP) is 0.892. The Bertz CT molecular complexity index is 318. The number of methoxy groups -OCH3 is 1. The Morgan fingerprint density at radius 1 is 1.42 bits per heavy atom. The molecule has 1 amide bonds. The van der Waals surface area contributed by atoms with Crippen LogP contribution in [0.5, 0.6) is 0 Å². The van der Waals surface area contributed by atoms with Gasteiger partial charge >= 0.3 is 5.97 Å². The van der Waals surface area contributed by atoms with Gasteiger partial charge in [0.25, 0.3) is 0 Å². The van der Waals surface area contributed by atoms with Gasteiger partial charge in [0, 0.05) is 33.1 Å². The topological polar surface area (TPSA) is 76.1 Å². The van der Waals surface area contributed by atoms with Gasteiger partial charge in [0.2, 0.25) is 5.91 Å². The lowest BCUT2D eigenvalue weighted by atomic mass is 10.2. The van der Waals surface area contributed by atoms with Gasteiger partial charge in [-0.25, -0.2) is 4.79 Å². The molecule has 1 saturated heterocycles. The number of aliphatic carboxylic acids is 1. The first kappa shape index (κ1) is 15.9. The minimum atomic E-state index is -0.966. The van der Waals surface area contributed by atoms with Gasteiger partial charge in [-0.2, -0.15) is 0 Å². The van der Waals surface area contributed by atoms with Gasteiger partial charge in [0.05, 0.1) is 12.2 Å². The highest BCUT2D eigenvalue weighted by Crippen LogP contribution is 2.21. The van der Waals surface area contributed by atoms with Gasteiger partial charge < -0.3 is 19.5 Å². The van der Waals surface area contributed by atoms with Crippen molar-refractivity contribution < 1.29 is 24.2 Å². The summed E-state index contributed by atoms with van der Waals surface area (Å²) < 4.78 is 10.5. The molecule has 1 fully saturated rings. The highest BCUT2D eigenvalue weighted by molar-refractivity contribution is 5.84. The molecule has 0 bridgehead atoms. The highest BCUT2D eigenvalue weighted by Gasteiger charge is 2.39. The number of carbonyl (C=O) groups excluding carboxylic acids is 1. The van der Waals surface area contributed by atoms with E-state index in [1.54, 1.807) is 0 Å². The average molecular weight is 273 g/mol. The number of carboxylic acid groups (broad SMARTS) is 1. The first-order valence-corrected chi connectivity index (χ1v) is 6.62. The van der Waals surface area contributed by atoms with Crippen LogP contribution in [0.15, 0.2) is 0 Å². The molecule has 0 aromatic carbocycles. The van der Waals surface area contributed by atoms with Gasteiger partial charge in [-0.3, -0.25) is 4.79 Å². The third-order valence-electron chi connectivity index (χ3n) is 3.19. The molecular weight excluding hydrogens is 250 g/mol. The van der Waals surface area contributed by atoms with Gasteiger partial charge in [0.1, 0.15) is 6.04 Å². The summed E-state index contributed by atoms with van der Waals surface area (Å²) in [5, 5.41) is 9.12. The molecule has 0 aliphatic carbocycles. The maximum absolute atomic E-state index is 12.0. The lowest BCUT2D eigenvalue weighted by Gasteiger charge is -2.21. The summed E-state index contributed by atoms with van der Waals surface area (Å²) in [5.74, 6) is -1.11. The van der Waals surface area contributed by atoms with Crippen molar-refractivity contribution in [3.63, 3.8) is 0 Å². The fraction of sp³-hybridized carbons (Fsp3) is 0.846. The smallest absolute Gasteiger partial charge is 0.326 e. The Balaban J connectivity index is 2.43. The van der Waals surface area contributed by atoms with Crippen LogP contribution >= 0.6 is 0 Å². The molecule has 1 N–H and O–H groups in total. The van der Waals surface area contributed by atoms with Crippen molar-refractivity contribution in [3.8, 4) is 0 Å². The van der Waals surface area contributed by atoms with Crippen LogP contribution in [-0.4, -0.2) is 60.4 Å². The summed E-state index contributed by atoms with van der Waals surface area (Å²) in [7, 11) is 1.54. The van der Waals surface area contributed by atoms with Crippen LogP contribution in [0.2, 0.25) is 0 Å². The van der Waals surface area contributed by atoms with Crippen LogP contribution in [0.4, 0.5) is 0 Å². The van der Waals surface area contributed by atoms with Crippen molar-refractivity contribution >= 4 is 11.9 Å². The van der Waals surface area contributed by atoms with E-state index in [4.69, 9.17) is 14.6 Å². The molecule has 0 spiro atoms. The van der Waals surface area contributed by atoms with Crippen LogP contribution < -0.4 is 0 Å². The zero-order valence-corrected chi connectivity index (χ0v) is 11.8. The molecule has 6 heteroatoms. The van der Waals surface area contributed by atoms with E-state index in [1.807, 2.05) is 13.8 Å². The molecule has 0 saturated carbocycles. The number of ether oxygens (including phenoxy) is 2. The van der Waals surface area contributed by atoms with Crippen molar-refractivity contribution in [1.29, 1.82) is 0 Å². The zero-order valence-electron chi connectivity index (χ0n) is 11.8. The molecule has 19 heavy (non-hydrogen) atoms. The van der Waals surface area contributed by atoms with Gasteiger partial charge in [0.15, 0.2) is 0 Å². The molecule has 0 aromatic heterocycles. The minimum absolute atomic E-state index is 0.140. The third-order valence-corrected chi connectivity index (χ3v) is 3.19. The fourth-order valence-corrected chi connectivity index (χ4v) is 2.16. The number of carboxylic acids is 1. The summed E-state index contributed by atoms with van der Waals surface area (Å²) in [6, 6.07) is -0.761. The van der Waals surface area contributed by atoms with E-state index >= 15 is 0 Å². The number of amides is 1. The largest absolute Gasteiger partial charge is 0.480 e. The molecule has 110 valence electrons. The second-order valence-electron chi connectivity index (χ2n) is 5.02. The van der Waals surface area contributed by atoms with Crippen molar-refractivity contribution in [1.82, 2.24) is 4.90 Å². The van der Waals surface area contributed by atoms with E-state index in [9.17, 15) is 9.59 Å². The Morgan fingerprint density at radius 2 is 2.11 bits per heavy atom. The van der Waals surface area contributed by atoms with Crippen LogP contribution in [0.25, 0.3) is 0 Å². The monoisotopic (exact) mass is 273 g/mol. The van der Waals surface area contributed by atoms with Crippen molar-refractivity contribution in [2.24, 2.45) is 0 Å². The fourth-order valence-electron chi connectivity index (χ4n) is 2.16. The van der Waals surface area contributed by atoms with Gasteiger partial charge in [-0.1, -0.05) is 0 Å². The molecule has 2 unspecified atom stereocenters. The normalized spacial score (nSPS) is 23.1. The molecule has 0 aromatic rings. The lowest BCUT2D eigenvalue weighted by molar-refractivity contribution is -0.148. The number of nitrogens with zero attached hydrogens (tertiary/aromatic N) is 1. The zero-order chi connectivity index (χ0) is 14.4. The molecule has 1 rings (SSSR count). The summed E-state index contributed by atoms with van der Waals surface area (Å²) in [6.45, 7) is 4.75. The number of hydrogen-bond acceptors (Lipinski definition) is 4. The van der Waals surface area contributed by atoms with E-state index in [0.29, 0.717) is 32.4 Å². The van der Waals surface area contributed by atoms with Crippen LogP contribution in [0, 0.1) is 0 Å². The summed E-state index contributed by atoms with van der Waals surface area (Å²) in [6.07, 6.45) is 1.24. The molecule has 1 heterocycles. The molecular formula is C13H23NO5. The Kier molecular flexibility index (Phi) is 6.24. The Morgan fingerprint density at radius 3 is 2.63 bits per heavy atom. The third kappa shape index (κ3) is 4.80. The minimum Gasteiger partial charge on any atom is -0.480 e. The van der Waals surface area contributed by atoms with Gasteiger partial charge in [-0.05, 0) is 20.3 Å². The molecule has 6 nitrogen and oxygen atoms in total. The quantitative estimate of drug-likeness (QED) is 0.697. The molecule has 1 aliphatic heterocycles. The molecule has 0 radical (unpaired) electrons. The lowest BCUT2D eigenvalue weighted by Crippen LogP contribution is -2.40. The number of rotatable bonds is 7. The number of likely N-dealkylation sites (tertiary alicyclic amines) is 1. The SMILES string of the molecule is COC1CC(C(=O)O)N(C(=O)CCCOC(C)C)C1. The maximum atomic E-state index is 12.0. The number of carbonyl (C=O) groups is 2. The molecule has 2 atom stereocenters. The van der Waals surface area contributed by atoms with Crippen LogP contribution in [0.1, 0.15) is 33.1 Å². The van der Waals surface area contributed by atoms with Crippen molar-refractivity contribution in [2.45, 2.75) is 51.4 Å². The number of hydrogen-bond donors (Lipinski definition) is 1. The van der Waals surface area contributed by atoms with Crippen molar-refractivity contribution in [2.75, 3.05) is 20.3 Å². The summed E-state index contributed by atoms with van der Waals surface area (Å²) >= 11 is 0. The van der Waals surface area contributed by atoms with Gasteiger partial charge in [-0.15, -0.1) is 0 Å². The van der Waals surface area contributed by atoms with E-state index in [0.717, 1.165) is 0 Å². The Labute approximate surface area is 113 Å². The summed E-state index contributed by atoms with van der Waals surface area (Å²) in [5.41, 5.74) is 0. The van der Waals surface area contributed by atoms with Crippen LogP contribution in [-0.2, 0) is 19.1 Å². The summed E-state index contributed by atoms with van der Waals surface area (Å²) in [4.78, 5) is 24.5. The highest BCUT2D eigenvalue weighted by atomic mass is 16.5. The predicted molar refractivity (Wildman–Crippen MR) is 68.9 cm³/mol. The maximum Gasteiger partial charge on any atom is 0.326 e. The first-order valence-electron chi connectivity index (χ1n) is 6.62. The van der Waals surface area contributed by atoms with Crippen LogP contribution in [0.3, 0.4) is 0 Å². The van der Waals surface area contributed by atoms with E-state index in [1.165, 1.54) is 12.0 Å². The Hall–Kier alpha value is -1.14.